The molecule has 0 aliphatic rings. The lowest BCUT2D eigenvalue weighted by Gasteiger charge is -2.23. The number of hydrogen-bond donors (Lipinski definition) is 1. The number of sulfonamides is 1. The van der Waals surface area contributed by atoms with E-state index in [1.807, 2.05) is 34.6 Å². The summed E-state index contributed by atoms with van der Waals surface area (Å²) >= 11 is 0. The molecule has 0 bridgehead atoms. The van der Waals surface area contributed by atoms with E-state index in [1.165, 1.54) is 14.2 Å². The molecule has 6 nitrogen and oxygen atoms in total. The predicted molar refractivity (Wildman–Crippen MR) is 94.8 cm³/mol. The van der Waals surface area contributed by atoms with Crippen LogP contribution in [0.4, 0.5) is 0 Å². The van der Waals surface area contributed by atoms with Gasteiger partial charge in [0.1, 0.15) is 0 Å². The fourth-order valence-corrected chi connectivity index (χ4v) is 4.32. The van der Waals surface area contributed by atoms with Crippen LogP contribution in [-0.4, -0.2) is 52.5 Å². The van der Waals surface area contributed by atoms with Gasteiger partial charge in [0.2, 0.25) is 15.9 Å². The number of nitrogens with zero attached hydrogens (tertiary/aromatic N) is 1. The van der Waals surface area contributed by atoms with Gasteiger partial charge in [-0.1, -0.05) is 0 Å². The van der Waals surface area contributed by atoms with Crippen molar-refractivity contribution in [3.05, 3.63) is 27.8 Å². The third kappa shape index (κ3) is 4.15. The third-order valence-electron chi connectivity index (χ3n) is 4.59. The summed E-state index contributed by atoms with van der Waals surface area (Å²) < 4.78 is 31.9. The van der Waals surface area contributed by atoms with Crippen molar-refractivity contribution in [1.82, 2.24) is 9.62 Å². The normalized spacial score (nSPS) is 11.8. The molecule has 1 aromatic rings. The highest BCUT2D eigenvalue weighted by Gasteiger charge is 2.28. The maximum absolute atomic E-state index is 13.0. The second-order valence-corrected chi connectivity index (χ2v) is 8.04. The molecular weight excluding hydrogens is 328 g/mol. The van der Waals surface area contributed by atoms with Gasteiger partial charge in [-0.2, -0.15) is 4.31 Å². The summed E-state index contributed by atoms with van der Waals surface area (Å²) in [6, 6.07) is 0. The largest absolute Gasteiger partial charge is 0.383 e. The van der Waals surface area contributed by atoms with E-state index in [2.05, 4.69) is 5.32 Å². The average Bonchev–Trinajstić information content (AvgIpc) is 2.51. The Hall–Kier alpha value is -1.44. The van der Waals surface area contributed by atoms with Crippen LogP contribution in [0, 0.1) is 34.6 Å². The quantitative estimate of drug-likeness (QED) is 0.753. The summed E-state index contributed by atoms with van der Waals surface area (Å²) in [5.74, 6) is -0.353. The second-order valence-electron chi connectivity index (χ2n) is 6.06. The standard InChI is InChI=1S/C17H28N2O4S/c1-11-12(2)14(4)17(15(5)13(11)3)24(21,22)19(6)10-16(20)18-8-9-23-7/h8-10H2,1-7H3,(H,18,20). The number of amides is 1. The third-order valence-corrected chi connectivity index (χ3v) is 6.67. The molecular formula is C17H28N2O4S. The van der Waals surface area contributed by atoms with Gasteiger partial charge in [-0.05, 0) is 62.4 Å². The first-order valence-corrected chi connectivity index (χ1v) is 9.28. The van der Waals surface area contributed by atoms with E-state index in [1.54, 1.807) is 0 Å². The van der Waals surface area contributed by atoms with Gasteiger partial charge in [0.25, 0.3) is 0 Å². The lowest BCUT2D eigenvalue weighted by atomic mass is 9.95. The molecule has 24 heavy (non-hydrogen) atoms. The summed E-state index contributed by atoms with van der Waals surface area (Å²) in [4.78, 5) is 12.2. The monoisotopic (exact) mass is 356 g/mol. The number of nitrogens with one attached hydrogen (secondary N) is 1. The Morgan fingerprint density at radius 3 is 1.92 bits per heavy atom. The molecule has 0 fully saturated rings. The fourth-order valence-electron chi connectivity index (χ4n) is 2.64. The number of carbonyl (C=O) groups excluding carboxylic acids is 1. The van der Waals surface area contributed by atoms with Gasteiger partial charge in [0, 0.05) is 20.7 Å². The molecule has 1 rings (SSSR count). The van der Waals surface area contributed by atoms with Crippen molar-refractivity contribution in [2.75, 3.05) is 33.9 Å². The minimum absolute atomic E-state index is 0.225. The first-order valence-electron chi connectivity index (χ1n) is 7.84. The summed E-state index contributed by atoms with van der Waals surface area (Å²) in [5, 5.41) is 2.63. The van der Waals surface area contributed by atoms with Gasteiger partial charge in [-0.3, -0.25) is 4.79 Å². The lowest BCUT2D eigenvalue weighted by Crippen LogP contribution is -2.39. The average molecular weight is 356 g/mol. The van der Waals surface area contributed by atoms with Crippen LogP contribution in [0.1, 0.15) is 27.8 Å². The summed E-state index contributed by atoms with van der Waals surface area (Å²) in [6.45, 7) is 9.98. The van der Waals surface area contributed by atoms with E-state index in [-0.39, 0.29) is 12.5 Å². The zero-order chi connectivity index (χ0) is 18.7. The Morgan fingerprint density at radius 1 is 1.00 bits per heavy atom. The molecule has 0 heterocycles. The molecule has 0 atom stereocenters. The molecule has 0 aliphatic heterocycles. The van der Waals surface area contributed by atoms with Gasteiger partial charge in [0.05, 0.1) is 18.0 Å². The van der Waals surface area contributed by atoms with Crippen LogP contribution >= 0.6 is 0 Å². The highest BCUT2D eigenvalue weighted by atomic mass is 32.2. The smallest absolute Gasteiger partial charge is 0.243 e. The highest BCUT2D eigenvalue weighted by Crippen LogP contribution is 2.31. The van der Waals surface area contributed by atoms with Crippen molar-refractivity contribution in [2.45, 2.75) is 39.5 Å². The molecule has 1 aromatic carbocycles. The van der Waals surface area contributed by atoms with E-state index in [0.717, 1.165) is 32.1 Å². The maximum Gasteiger partial charge on any atom is 0.243 e. The van der Waals surface area contributed by atoms with Crippen LogP contribution in [0.5, 0.6) is 0 Å². The Morgan fingerprint density at radius 2 is 1.46 bits per heavy atom. The molecule has 7 heteroatoms. The van der Waals surface area contributed by atoms with E-state index in [0.29, 0.717) is 18.0 Å². The van der Waals surface area contributed by atoms with Crippen molar-refractivity contribution in [3.8, 4) is 0 Å². The number of ether oxygens (including phenoxy) is 1. The first kappa shape index (κ1) is 20.6. The van der Waals surface area contributed by atoms with E-state index < -0.39 is 10.0 Å². The van der Waals surface area contributed by atoms with E-state index >= 15 is 0 Å². The summed E-state index contributed by atoms with van der Waals surface area (Å²) in [7, 11) is -0.783. The lowest BCUT2D eigenvalue weighted by molar-refractivity contribution is -0.121. The van der Waals surface area contributed by atoms with Gasteiger partial charge in [0.15, 0.2) is 0 Å². The predicted octanol–water partition coefficient (Wildman–Crippen LogP) is 1.61. The van der Waals surface area contributed by atoms with Crippen LogP contribution in [0.3, 0.4) is 0 Å². The van der Waals surface area contributed by atoms with Crippen LogP contribution < -0.4 is 5.32 Å². The molecule has 0 saturated carbocycles. The zero-order valence-electron chi connectivity index (χ0n) is 15.6. The van der Waals surface area contributed by atoms with Gasteiger partial charge in [-0.15, -0.1) is 0 Å². The van der Waals surface area contributed by atoms with Crippen LogP contribution in [-0.2, 0) is 19.6 Å². The molecule has 0 aromatic heterocycles. The van der Waals surface area contributed by atoms with Crippen molar-refractivity contribution in [1.29, 1.82) is 0 Å². The molecule has 1 N–H and O–H groups in total. The summed E-state index contributed by atoms with van der Waals surface area (Å²) in [6.07, 6.45) is 0. The number of carbonyl (C=O) groups is 1. The minimum Gasteiger partial charge on any atom is -0.383 e. The van der Waals surface area contributed by atoms with Crippen molar-refractivity contribution in [2.24, 2.45) is 0 Å². The fraction of sp³-hybridized carbons (Fsp3) is 0.588. The van der Waals surface area contributed by atoms with Crippen LogP contribution in [0.2, 0.25) is 0 Å². The molecule has 1 amide bonds. The van der Waals surface area contributed by atoms with Crippen LogP contribution in [0.15, 0.2) is 4.90 Å². The Kier molecular flexibility index (Phi) is 6.95. The molecule has 0 unspecified atom stereocenters. The summed E-state index contributed by atoms with van der Waals surface area (Å²) in [5.41, 5.74) is 4.51. The van der Waals surface area contributed by atoms with Gasteiger partial charge in [-0.25, -0.2) is 8.42 Å². The second kappa shape index (κ2) is 8.09. The minimum atomic E-state index is -3.75. The number of hydrogen-bond acceptors (Lipinski definition) is 4. The van der Waals surface area contributed by atoms with Crippen LogP contribution in [0.25, 0.3) is 0 Å². The zero-order valence-corrected chi connectivity index (χ0v) is 16.4. The Bertz CT molecular complexity index is 698. The van der Waals surface area contributed by atoms with Crippen molar-refractivity contribution >= 4 is 15.9 Å². The van der Waals surface area contributed by atoms with Gasteiger partial charge >= 0.3 is 0 Å². The maximum atomic E-state index is 13.0. The molecule has 0 spiro atoms. The number of methoxy groups -OCH3 is 1. The van der Waals surface area contributed by atoms with Gasteiger partial charge < -0.3 is 10.1 Å². The number of likely N-dealkylation sites (N-methyl/N-ethyl adjacent to an activating group) is 1. The van der Waals surface area contributed by atoms with Crippen molar-refractivity contribution < 1.29 is 17.9 Å². The van der Waals surface area contributed by atoms with E-state index in [4.69, 9.17) is 4.74 Å². The number of rotatable bonds is 7. The molecule has 0 aliphatic carbocycles. The van der Waals surface area contributed by atoms with Crippen molar-refractivity contribution in [3.63, 3.8) is 0 Å². The number of benzene rings is 1. The SMILES string of the molecule is COCCNC(=O)CN(C)S(=O)(=O)c1c(C)c(C)c(C)c(C)c1C. The first-order chi connectivity index (χ1) is 11.1. The Labute approximate surface area is 145 Å². The molecule has 0 radical (unpaired) electrons. The molecule has 0 saturated heterocycles. The van der Waals surface area contributed by atoms with E-state index in [9.17, 15) is 13.2 Å². The Balaban J connectivity index is 3.15. The highest BCUT2D eigenvalue weighted by molar-refractivity contribution is 7.89. The molecule has 136 valence electrons. The topological polar surface area (TPSA) is 75.7 Å².